The lowest BCUT2D eigenvalue weighted by Crippen LogP contribution is -2.62. The Bertz CT molecular complexity index is 2760. The predicted molar refractivity (Wildman–Crippen MR) is 279 cm³/mol. The Morgan fingerprint density at radius 3 is 2.53 bits per heavy atom. The normalized spacial score (nSPS) is 23.0. The first kappa shape index (κ1) is 52.6. The van der Waals surface area contributed by atoms with Crippen molar-refractivity contribution >= 4 is 69.1 Å². The van der Waals surface area contributed by atoms with E-state index in [-0.39, 0.29) is 50.6 Å². The second-order valence-electron chi connectivity index (χ2n) is 21.8. The van der Waals surface area contributed by atoms with Gasteiger partial charge >= 0.3 is 5.97 Å². The molecule has 394 valence electrons. The van der Waals surface area contributed by atoms with Gasteiger partial charge in [-0.1, -0.05) is 39.3 Å². The second-order valence-corrected chi connectivity index (χ2v) is 23.1. The number of cyclic esters (lactones) is 1. The summed E-state index contributed by atoms with van der Waals surface area (Å²) in [7, 11) is 5.41. The number of hydrogen-bond acceptors (Lipinski definition) is 13. The van der Waals surface area contributed by atoms with Crippen LogP contribution in [0.5, 0.6) is 0 Å². The van der Waals surface area contributed by atoms with Crippen LogP contribution in [0.3, 0.4) is 0 Å². The van der Waals surface area contributed by atoms with Gasteiger partial charge in [0.15, 0.2) is 0 Å². The maximum atomic E-state index is 14.8. The number of halogens is 2. The van der Waals surface area contributed by atoms with Crippen molar-refractivity contribution < 1.29 is 37.8 Å². The molecule has 0 saturated carbocycles. The molecule has 1 aromatic carbocycles. The zero-order valence-corrected chi connectivity index (χ0v) is 44.9. The van der Waals surface area contributed by atoms with Gasteiger partial charge in [0, 0.05) is 100 Å². The van der Waals surface area contributed by atoms with E-state index >= 15 is 0 Å². The lowest BCUT2D eigenvalue weighted by molar-refractivity contribution is -0.155. The van der Waals surface area contributed by atoms with Gasteiger partial charge in [0.2, 0.25) is 11.8 Å². The number of pyridine rings is 1. The van der Waals surface area contributed by atoms with Crippen molar-refractivity contribution in [3.63, 3.8) is 0 Å². The van der Waals surface area contributed by atoms with Gasteiger partial charge in [-0.2, -0.15) is 0 Å². The van der Waals surface area contributed by atoms with E-state index in [4.69, 9.17) is 31.0 Å². The van der Waals surface area contributed by atoms with Crippen LogP contribution in [0.1, 0.15) is 88.2 Å². The van der Waals surface area contributed by atoms with Gasteiger partial charge in [-0.25, -0.2) is 14.8 Å². The van der Waals surface area contributed by atoms with Crippen molar-refractivity contribution in [3.05, 3.63) is 51.6 Å². The Kier molecular flexibility index (Phi) is 15.6. The minimum Gasteiger partial charge on any atom is -0.464 e. The molecule has 0 spiro atoms. The molecular weight excluding hydrogens is 975 g/mol. The first-order valence-corrected chi connectivity index (χ1v) is 27.1. The fraction of sp³-hybridized carbons (Fsp3) is 0.604. The van der Waals surface area contributed by atoms with Gasteiger partial charge in [0.05, 0.1) is 58.1 Å². The molecule has 3 aromatic heterocycles. The summed E-state index contributed by atoms with van der Waals surface area (Å²) < 4.78 is 28.4. The molecule has 0 radical (unpaired) electrons. The maximum Gasteiger partial charge on any atom is 0.324 e. The molecule has 0 aliphatic carbocycles. The third kappa shape index (κ3) is 10.8. The summed E-state index contributed by atoms with van der Waals surface area (Å²) in [4.78, 5) is 87.4. The highest BCUT2D eigenvalue weighted by Crippen LogP contribution is 2.46. The molecule has 3 fully saturated rings. The summed E-state index contributed by atoms with van der Waals surface area (Å²) >= 11 is 6.84. The van der Waals surface area contributed by atoms with Gasteiger partial charge in [-0.05, 0) is 87.7 Å². The lowest BCUT2D eigenvalue weighted by atomic mass is 9.84. The summed E-state index contributed by atoms with van der Waals surface area (Å²) in [6.07, 6.45) is 5.36. The van der Waals surface area contributed by atoms with E-state index in [1.54, 1.807) is 7.11 Å². The Morgan fingerprint density at radius 2 is 1.81 bits per heavy atom. The molecule has 6 bridgehead atoms. The molecule has 9 rings (SSSR count). The number of rotatable bonds is 10. The number of piperazine rings is 1. The van der Waals surface area contributed by atoms with E-state index in [1.165, 1.54) is 44.3 Å². The van der Waals surface area contributed by atoms with Crippen LogP contribution in [0, 0.1) is 17.3 Å². The maximum absolute atomic E-state index is 14.8. The Morgan fingerprint density at radius 1 is 1.04 bits per heavy atom. The Labute approximate surface area is 436 Å². The minimum atomic E-state index is -2.21. The monoisotopic (exact) mass is 1040 g/mol. The van der Waals surface area contributed by atoms with Crippen molar-refractivity contribution in [2.75, 3.05) is 78.5 Å². The van der Waals surface area contributed by atoms with Crippen molar-refractivity contribution in [1.29, 1.82) is 0 Å². The number of nitrogens with one attached hydrogen (secondary N) is 2. The Balaban J connectivity index is 1.11. The fourth-order valence-electron chi connectivity index (χ4n) is 11.5. The van der Waals surface area contributed by atoms with Gasteiger partial charge < -0.3 is 39.0 Å². The van der Waals surface area contributed by atoms with E-state index in [0.717, 1.165) is 90.4 Å². The van der Waals surface area contributed by atoms with Crippen LogP contribution in [0.15, 0.2) is 29.8 Å². The SMILES string of the molecule is CO[C@@H](C)c1ncc(N2CCN(C)CC2)cc1-c1c2c3cc(cc4c3n1CCC4)-c1csc(n1)C[C@H](NC(=O)[C@H](C(C)C)N(C)C(=O)[C@H]1CCN(C(=O)[C@H](F)Cl)C1)C(=O)N1CCC[C@H](N1)C(=O)OCC(C)(C)C2. The van der Waals surface area contributed by atoms with Crippen molar-refractivity contribution in [2.24, 2.45) is 17.3 Å². The number of thiazole rings is 1. The number of carbonyl (C=O) groups excluding carboxylic acids is 5. The highest BCUT2D eigenvalue weighted by atomic mass is 35.5. The number of anilines is 1. The number of esters is 1. The average molecular weight is 1050 g/mol. The van der Waals surface area contributed by atoms with Gasteiger partial charge in [-0.15, -0.1) is 11.3 Å². The number of hydrazine groups is 1. The number of aryl methyl sites for hydroxylation is 2. The molecule has 4 amide bonds. The van der Waals surface area contributed by atoms with Crippen LogP contribution in [0.2, 0.25) is 0 Å². The number of likely N-dealkylation sites (N-methyl/N-ethyl adjacent to an activating group) is 2. The number of ether oxygens (including phenoxy) is 2. The summed E-state index contributed by atoms with van der Waals surface area (Å²) in [6.45, 7) is 15.0. The smallest absolute Gasteiger partial charge is 0.324 e. The molecule has 5 aliphatic rings. The van der Waals surface area contributed by atoms with E-state index in [1.807, 2.05) is 32.3 Å². The zero-order chi connectivity index (χ0) is 52.0. The van der Waals surface area contributed by atoms with E-state index in [0.29, 0.717) is 30.7 Å². The van der Waals surface area contributed by atoms with E-state index < -0.39 is 58.8 Å². The molecule has 73 heavy (non-hydrogen) atoms. The largest absolute Gasteiger partial charge is 0.464 e. The molecule has 6 atom stereocenters. The Hall–Kier alpha value is -5.21. The molecule has 3 saturated heterocycles. The second kappa shape index (κ2) is 21.6. The highest BCUT2D eigenvalue weighted by molar-refractivity contribution is 7.10. The zero-order valence-electron chi connectivity index (χ0n) is 43.3. The van der Waals surface area contributed by atoms with Crippen LogP contribution in [0.25, 0.3) is 33.4 Å². The number of carbonyl (C=O) groups is 5. The van der Waals surface area contributed by atoms with Gasteiger partial charge in [0.25, 0.3) is 17.4 Å². The average Bonchev–Trinajstić information content (AvgIpc) is 4.13. The fourth-order valence-corrected chi connectivity index (χ4v) is 12.5. The van der Waals surface area contributed by atoms with Gasteiger partial charge in [0.1, 0.15) is 18.1 Å². The van der Waals surface area contributed by atoms with Crippen LogP contribution in [-0.4, -0.2) is 161 Å². The van der Waals surface area contributed by atoms with Crippen LogP contribution in [-0.2, 0) is 59.3 Å². The topological polar surface area (TPSA) is 175 Å². The molecule has 20 heteroatoms. The molecule has 8 heterocycles. The van der Waals surface area contributed by atoms with Crippen LogP contribution >= 0.6 is 22.9 Å². The van der Waals surface area contributed by atoms with E-state index in [2.05, 4.69) is 64.2 Å². The molecule has 2 N–H and O–H groups in total. The predicted octanol–water partition coefficient (Wildman–Crippen LogP) is 5.75. The third-order valence-corrected chi connectivity index (χ3v) is 16.5. The first-order chi connectivity index (χ1) is 34.8. The summed E-state index contributed by atoms with van der Waals surface area (Å²) in [5.41, 5.74) is 9.65. The number of amides is 4. The van der Waals surface area contributed by atoms with Crippen molar-refractivity contribution in [3.8, 4) is 22.5 Å². The number of alkyl halides is 2. The van der Waals surface area contributed by atoms with Crippen molar-refractivity contribution in [1.82, 2.24) is 45.0 Å². The molecule has 0 unspecified atom stereocenters. The van der Waals surface area contributed by atoms with Crippen LogP contribution < -0.4 is 15.6 Å². The third-order valence-electron chi connectivity index (χ3n) is 15.5. The quantitative estimate of drug-likeness (QED) is 0.146. The number of fused-ring (bicyclic) bond motifs is 6. The molecule has 4 aromatic rings. The molecule has 17 nitrogen and oxygen atoms in total. The summed E-state index contributed by atoms with van der Waals surface area (Å²) in [6, 6.07) is 3.82. The van der Waals surface area contributed by atoms with Crippen molar-refractivity contribution in [2.45, 2.75) is 116 Å². The number of methoxy groups -OCH3 is 1. The minimum absolute atomic E-state index is 0.0172. The molecule has 5 aliphatic heterocycles. The summed E-state index contributed by atoms with van der Waals surface area (Å²) in [5.74, 6) is -3.78. The van der Waals surface area contributed by atoms with Crippen LogP contribution in [0.4, 0.5) is 10.1 Å². The number of nitrogens with zero attached hydrogens (tertiary/aromatic N) is 8. The van der Waals surface area contributed by atoms with Gasteiger partial charge in [-0.3, -0.25) is 34.0 Å². The first-order valence-electron chi connectivity index (χ1n) is 25.8. The lowest BCUT2D eigenvalue weighted by Gasteiger charge is -2.37. The number of benzene rings is 1. The number of aromatic nitrogens is 3. The highest BCUT2D eigenvalue weighted by Gasteiger charge is 2.41. The number of likely N-dealkylation sites (tertiary alicyclic amines) is 1. The molecular formula is C53H70ClFN10O7S. The van der Waals surface area contributed by atoms with E-state index in [9.17, 15) is 28.4 Å². The number of hydrogen-bond donors (Lipinski definition) is 2. The summed E-state index contributed by atoms with van der Waals surface area (Å²) in [5, 5.41) is 8.14. The standard InChI is InChI=1S/C53H70ClFN10O7S/c1-30(2)44(61(7)49(67)33-13-16-63(27-33)51(69)47(54)55)48(66)58-40-24-42-57-41(28-73-42)34-21-32-11-9-14-64-45(32)36(22-34)38(25-53(4,5)29-72-52(70)39-12-10-15-65(59-39)50(40)68)46(64)37-23-35(26-56-43(37)31(3)71-8)62-19-17-60(6)18-20-62/h21-23,26,28,30-31,33,39-40,44,47,59H,9-20,24-25,27,29H2,1-8H3,(H,58,66)/t31-,33-,39-,40-,44-,47-/m0/s1.